The Kier molecular flexibility index (Phi) is 4.56. The fourth-order valence-corrected chi connectivity index (χ4v) is 4.24. The van der Waals surface area contributed by atoms with Gasteiger partial charge in [0.1, 0.15) is 5.52 Å². The predicted octanol–water partition coefficient (Wildman–Crippen LogP) is 4.43. The normalized spacial score (nSPS) is 11.6. The maximum absolute atomic E-state index is 13.7. The Balaban J connectivity index is 1.45. The summed E-state index contributed by atoms with van der Waals surface area (Å²) in [6.07, 6.45) is 1.62. The van der Waals surface area contributed by atoms with E-state index in [9.17, 15) is 13.6 Å². The first-order valence-corrected chi connectivity index (χ1v) is 10.6. The van der Waals surface area contributed by atoms with Crippen LogP contribution in [0.2, 0.25) is 5.02 Å². The number of nitrogens with one attached hydrogen (secondary N) is 2. The molecule has 3 aromatic carbocycles. The van der Waals surface area contributed by atoms with Gasteiger partial charge in [-0.3, -0.25) is 4.68 Å². The predicted molar refractivity (Wildman–Crippen MR) is 123 cm³/mol. The Bertz CT molecular complexity index is 1760. The van der Waals surface area contributed by atoms with Gasteiger partial charge in [-0.05, 0) is 54.1 Å². The third kappa shape index (κ3) is 3.35. The SMILES string of the molecule is O=c1[nH]c2ccc(-n3nnc4c(Cl)cc(-c5ccnn5Cc5ccc(F)c(F)c5)cc43)cc2[nH]1. The molecule has 0 aliphatic rings. The lowest BCUT2D eigenvalue weighted by Crippen LogP contribution is -2.04. The van der Waals surface area contributed by atoms with Gasteiger partial charge < -0.3 is 9.97 Å². The van der Waals surface area contributed by atoms with Gasteiger partial charge in [0.2, 0.25) is 0 Å². The monoisotopic (exact) mass is 477 g/mol. The van der Waals surface area contributed by atoms with Crippen LogP contribution in [0.25, 0.3) is 39.0 Å². The van der Waals surface area contributed by atoms with Gasteiger partial charge in [0, 0.05) is 11.8 Å². The van der Waals surface area contributed by atoms with E-state index in [1.165, 1.54) is 6.07 Å². The Morgan fingerprint density at radius 1 is 0.941 bits per heavy atom. The number of fused-ring (bicyclic) bond motifs is 2. The number of aromatic amines is 2. The summed E-state index contributed by atoms with van der Waals surface area (Å²) in [7, 11) is 0. The van der Waals surface area contributed by atoms with Gasteiger partial charge in [-0.2, -0.15) is 5.10 Å². The van der Waals surface area contributed by atoms with Crippen LogP contribution in [-0.4, -0.2) is 34.7 Å². The summed E-state index contributed by atoms with van der Waals surface area (Å²) in [5.74, 6) is -1.81. The third-order valence-electron chi connectivity index (χ3n) is 5.58. The lowest BCUT2D eigenvalue weighted by Gasteiger charge is -2.10. The Hall–Kier alpha value is -4.31. The van der Waals surface area contributed by atoms with Gasteiger partial charge in [-0.25, -0.2) is 18.3 Å². The van der Waals surface area contributed by atoms with Crippen molar-refractivity contribution in [2.45, 2.75) is 6.54 Å². The second-order valence-corrected chi connectivity index (χ2v) is 8.17. The Morgan fingerprint density at radius 3 is 2.65 bits per heavy atom. The number of nitrogens with zero attached hydrogens (tertiary/aromatic N) is 5. The molecule has 0 aliphatic carbocycles. The molecule has 6 aromatic rings. The molecule has 0 atom stereocenters. The summed E-state index contributed by atoms with van der Waals surface area (Å²) in [6, 6.07) is 14.6. The highest BCUT2D eigenvalue weighted by Gasteiger charge is 2.16. The van der Waals surface area contributed by atoms with Crippen molar-refractivity contribution in [3.63, 3.8) is 0 Å². The number of hydrogen-bond donors (Lipinski definition) is 2. The Labute approximate surface area is 194 Å². The molecular formula is C23H14ClF2N7O. The van der Waals surface area contributed by atoms with E-state index in [2.05, 4.69) is 25.4 Å². The molecule has 0 aliphatic heterocycles. The summed E-state index contributed by atoms with van der Waals surface area (Å²) in [5, 5.41) is 13.2. The molecule has 168 valence electrons. The van der Waals surface area contributed by atoms with Crippen LogP contribution in [0.15, 0.2) is 65.6 Å². The Morgan fingerprint density at radius 2 is 1.79 bits per heavy atom. The minimum Gasteiger partial charge on any atom is -0.306 e. The first-order chi connectivity index (χ1) is 16.5. The van der Waals surface area contributed by atoms with Crippen LogP contribution in [0.3, 0.4) is 0 Å². The molecule has 11 heteroatoms. The molecule has 8 nitrogen and oxygen atoms in total. The first kappa shape index (κ1) is 20.3. The zero-order valence-electron chi connectivity index (χ0n) is 17.3. The molecule has 34 heavy (non-hydrogen) atoms. The second-order valence-electron chi connectivity index (χ2n) is 7.76. The van der Waals surface area contributed by atoms with Crippen molar-refractivity contribution in [2.24, 2.45) is 0 Å². The van der Waals surface area contributed by atoms with E-state index in [1.54, 1.807) is 33.8 Å². The van der Waals surface area contributed by atoms with Crippen LogP contribution in [0.4, 0.5) is 8.78 Å². The fraction of sp³-hybridized carbons (Fsp3) is 0.0435. The summed E-state index contributed by atoms with van der Waals surface area (Å²) in [6.45, 7) is 0.240. The van der Waals surface area contributed by atoms with Crippen molar-refractivity contribution in [2.75, 3.05) is 0 Å². The van der Waals surface area contributed by atoms with Crippen LogP contribution in [-0.2, 0) is 6.54 Å². The zero-order chi connectivity index (χ0) is 23.4. The highest BCUT2D eigenvalue weighted by molar-refractivity contribution is 6.35. The van der Waals surface area contributed by atoms with Gasteiger partial charge in [0.25, 0.3) is 0 Å². The molecule has 0 bridgehead atoms. The van der Waals surface area contributed by atoms with Gasteiger partial charge in [0.15, 0.2) is 11.6 Å². The van der Waals surface area contributed by atoms with Gasteiger partial charge in [0.05, 0.1) is 39.5 Å². The average molecular weight is 478 g/mol. The number of benzene rings is 3. The van der Waals surface area contributed by atoms with Crippen molar-refractivity contribution in [3.8, 4) is 16.9 Å². The molecular weight excluding hydrogens is 464 g/mol. The second kappa shape index (κ2) is 7.63. The topological polar surface area (TPSA) is 97.2 Å². The molecule has 0 fully saturated rings. The van der Waals surface area contributed by atoms with E-state index >= 15 is 0 Å². The maximum Gasteiger partial charge on any atom is 0.323 e. The number of imidazole rings is 1. The lowest BCUT2D eigenvalue weighted by molar-refractivity contribution is 0.506. The maximum atomic E-state index is 13.7. The number of halogens is 3. The van der Waals surface area contributed by atoms with Gasteiger partial charge in [-0.1, -0.05) is 22.9 Å². The molecule has 0 spiro atoms. The van der Waals surface area contributed by atoms with Crippen LogP contribution >= 0.6 is 11.6 Å². The van der Waals surface area contributed by atoms with Crippen molar-refractivity contribution in [1.82, 2.24) is 34.7 Å². The van der Waals surface area contributed by atoms with E-state index in [1.807, 2.05) is 18.2 Å². The fourth-order valence-electron chi connectivity index (χ4n) is 3.99. The largest absolute Gasteiger partial charge is 0.323 e. The van der Waals surface area contributed by atoms with E-state index in [0.29, 0.717) is 38.3 Å². The van der Waals surface area contributed by atoms with E-state index in [-0.39, 0.29) is 12.2 Å². The number of rotatable bonds is 4. The third-order valence-corrected chi connectivity index (χ3v) is 5.87. The zero-order valence-corrected chi connectivity index (χ0v) is 18.0. The smallest absolute Gasteiger partial charge is 0.306 e. The van der Waals surface area contributed by atoms with Crippen LogP contribution < -0.4 is 5.69 Å². The summed E-state index contributed by atoms with van der Waals surface area (Å²) in [5.41, 5.74) is 4.92. The molecule has 3 aromatic heterocycles. The molecule has 0 saturated carbocycles. The van der Waals surface area contributed by atoms with Crippen molar-refractivity contribution >= 4 is 33.7 Å². The van der Waals surface area contributed by atoms with Crippen molar-refractivity contribution in [1.29, 1.82) is 0 Å². The van der Waals surface area contributed by atoms with E-state index in [4.69, 9.17) is 11.6 Å². The molecule has 0 unspecified atom stereocenters. The first-order valence-electron chi connectivity index (χ1n) is 10.2. The number of hydrogen-bond acceptors (Lipinski definition) is 4. The summed E-state index contributed by atoms with van der Waals surface area (Å²) >= 11 is 6.54. The van der Waals surface area contributed by atoms with Gasteiger partial charge in [-0.15, -0.1) is 5.10 Å². The van der Waals surface area contributed by atoms with Crippen molar-refractivity contribution in [3.05, 3.63) is 93.5 Å². The highest BCUT2D eigenvalue weighted by atomic mass is 35.5. The minimum atomic E-state index is -0.911. The number of H-pyrrole nitrogens is 2. The van der Waals surface area contributed by atoms with Crippen molar-refractivity contribution < 1.29 is 8.78 Å². The van der Waals surface area contributed by atoms with E-state index in [0.717, 1.165) is 23.4 Å². The van der Waals surface area contributed by atoms with Gasteiger partial charge >= 0.3 is 5.69 Å². The number of aromatic nitrogens is 7. The summed E-state index contributed by atoms with van der Waals surface area (Å²) in [4.78, 5) is 17.0. The lowest BCUT2D eigenvalue weighted by atomic mass is 10.1. The molecule has 3 heterocycles. The molecule has 0 saturated heterocycles. The standard InChI is InChI=1S/C23H14ClF2N7O/c24-15-8-13(20-5-6-27-32(20)11-12-1-3-16(25)17(26)7-12)9-21-22(15)30-31-33(21)14-2-4-18-19(10-14)29-23(34)28-18/h1-10H,11H2,(H2,28,29,34). The summed E-state index contributed by atoms with van der Waals surface area (Å²) < 4.78 is 30.3. The van der Waals surface area contributed by atoms with Crippen LogP contribution in [0, 0.1) is 11.6 Å². The quantitative estimate of drug-likeness (QED) is 0.392. The molecule has 0 radical (unpaired) electrons. The molecule has 0 amide bonds. The minimum absolute atomic E-state index is 0.240. The van der Waals surface area contributed by atoms with Crippen LogP contribution in [0.5, 0.6) is 0 Å². The molecule has 6 rings (SSSR count). The van der Waals surface area contributed by atoms with Crippen LogP contribution in [0.1, 0.15) is 5.56 Å². The highest BCUT2D eigenvalue weighted by Crippen LogP contribution is 2.31. The average Bonchev–Trinajstić information content (AvgIpc) is 3.53. The van der Waals surface area contributed by atoms with E-state index < -0.39 is 11.6 Å². The molecule has 2 N–H and O–H groups in total.